The Morgan fingerprint density at radius 3 is 2.29 bits per heavy atom. The van der Waals surface area contributed by atoms with Crippen molar-refractivity contribution >= 4 is 5.91 Å². The first-order valence-corrected chi connectivity index (χ1v) is 7.47. The smallest absolute Gasteiger partial charge is 0.251 e. The Balaban J connectivity index is 2.51. The van der Waals surface area contributed by atoms with Gasteiger partial charge in [0.15, 0.2) is 0 Å². The van der Waals surface area contributed by atoms with Crippen LogP contribution in [0, 0.1) is 11.3 Å². The number of carbonyl (C=O) groups is 1. The van der Waals surface area contributed by atoms with Crippen molar-refractivity contribution in [3.63, 3.8) is 0 Å². The third-order valence-corrected chi connectivity index (χ3v) is 3.79. The Morgan fingerprint density at radius 2 is 1.81 bits per heavy atom. The van der Waals surface area contributed by atoms with Gasteiger partial charge in [-0.05, 0) is 23.6 Å². The Bertz CT molecular complexity index is 452. The largest absolute Gasteiger partial charge is 0.392 e. The molecule has 3 N–H and O–H groups in total. The first-order chi connectivity index (χ1) is 9.77. The highest BCUT2D eigenvalue weighted by Gasteiger charge is 2.29. The molecule has 0 saturated carbocycles. The molecule has 1 rings (SSSR count). The summed E-state index contributed by atoms with van der Waals surface area (Å²) in [7, 11) is 1.62. The topological polar surface area (TPSA) is 61.4 Å². The van der Waals surface area contributed by atoms with Crippen molar-refractivity contribution in [3.8, 4) is 0 Å². The molecule has 1 unspecified atom stereocenters. The van der Waals surface area contributed by atoms with E-state index in [0.717, 1.165) is 18.7 Å². The summed E-state index contributed by atoms with van der Waals surface area (Å²) >= 11 is 0. The molecule has 0 aliphatic heterocycles. The molecule has 0 radical (unpaired) electrons. The van der Waals surface area contributed by atoms with Gasteiger partial charge in [0.1, 0.15) is 0 Å². The van der Waals surface area contributed by atoms with Gasteiger partial charge < -0.3 is 15.7 Å². The van der Waals surface area contributed by atoms with E-state index in [9.17, 15) is 9.90 Å². The van der Waals surface area contributed by atoms with Crippen LogP contribution in [0.2, 0.25) is 0 Å². The number of aliphatic hydroxyl groups is 1. The molecule has 0 bridgehead atoms. The third kappa shape index (κ3) is 5.14. The highest BCUT2D eigenvalue weighted by atomic mass is 16.3. The quantitative estimate of drug-likeness (QED) is 0.722. The van der Waals surface area contributed by atoms with Gasteiger partial charge in [0.05, 0.1) is 6.10 Å². The van der Waals surface area contributed by atoms with Crippen molar-refractivity contribution < 1.29 is 9.90 Å². The predicted molar refractivity (Wildman–Crippen MR) is 86.2 cm³/mol. The summed E-state index contributed by atoms with van der Waals surface area (Å²) in [4.78, 5) is 11.5. The van der Waals surface area contributed by atoms with Crippen molar-refractivity contribution in [1.29, 1.82) is 0 Å². The van der Waals surface area contributed by atoms with Gasteiger partial charge in [-0.15, -0.1) is 0 Å². The van der Waals surface area contributed by atoms with Crippen LogP contribution in [0.5, 0.6) is 0 Å². The SMILES string of the molecule is CNC(=O)c1ccc(CNCC(C)(C)C(O)C(C)C)cc1. The molecule has 0 fully saturated rings. The lowest BCUT2D eigenvalue weighted by atomic mass is 9.80. The molecular formula is C17H28N2O2. The minimum Gasteiger partial charge on any atom is -0.392 e. The van der Waals surface area contributed by atoms with Crippen molar-refractivity contribution in [1.82, 2.24) is 10.6 Å². The van der Waals surface area contributed by atoms with E-state index in [1.807, 2.05) is 38.1 Å². The number of amides is 1. The van der Waals surface area contributed by atoms with E-state index in [1.54, 1.807) is 7.05 Å². The maximum absolute atomic E-state index is 11.5. The second kappa shape index (κ2) is 7.57. The molecule has 118 valence electrons. The number of benzene rings is 1. The molecule has 1 aromatic carbocycles. The van der Waals surface area contributed by atoms with E-state index in [-0.39, 0.29) is 23.3 Å². The maximum atomic E-state index is 11.5. The summed E-state index contributed by atoms with van der Waals surface area (Å²) in [5, 5.41) is 16.2. The van der Waals surface area contributed by atoms with E-state index in [4.69, 9.17) is 0 Å². The van der Waals surface area contributed by atoms with Crippen LogP contribution in [-0.2, 0) is 6.54 Å². The normalized spacial score (nSPS) is 13.3. The minimum absolute atomic E-state index is 0.0734. The van der Waals surface area contributed by atoms with E-state index in [2.05, 4.69) is 24.5 Å². The Kier molecular flexibility index (Phi) is 6.37. The molecule has 1 atom stereocenters. The van der Waals surface area contributed by atoms with Crippen LogP contribution < -0.4 is 10.6 Å². The van der Waals surface area contributed by atoms with Crippen LogP contribution in [0.15, 0.2) is 24.3 Å². The molecule has 0 saturated heterocycles. The first kappa shape index (κ1) is 17.7. The van der Waals surface area contributed by atoms with Crippen LogP contribution in [0.1, 0.15) is 43.6 Å². The monoisotopic (exact) mass is 292 g/mol. The van der Waals surface area contributed by atoms with Gasteiger partial charge in [0.2, 0.25) is 0 Å². The molecule has 0 spiro atoms. The zero-order chi connectivity index (χ0) is 16.0. The highest BCUT2D eigenvalue weighted by Crippen LogP contribution is 2.25. The molecule has 0 heterocycles. The molecule has 0 aliphatic rings. The van der Waals surface area contributed by atoms with Crippen molar-refractivity contribution in [2.24, 2.45) is 11.3 Å². The van der Waals surface area contributed by atoms with E-state index in [0.29, 0.717) is 5.56 Å². The summed E-state index contributed by atoms with van der Waals surface area (Å²) in [6, 6.07) is 7.54. The van der Waals surface area contributed by atoms with Gasteiger partial charge in [-0.2, -0.15) is 0 Å². The summed E-state index contributed by atoms with van der Waals surface area (Å²) in [6.07, 6.45) is -0.333. The fraction of sp³-hybridized carbons (Fsp3) is 0.588. The number of hydrogen-bond donors (Lipinski definition) is 3. The lowest BCUT2D eigenvalue weighted by molar-refractivity contribution is 0.0134. The van der Waals surface area contributed by atoms with Gasteiger partial charge in [-0.3, -0.25) is 4.79 Å². The Labute approximate surface area is 128 Å². The number of nitrogens with one attached hydrogen (secondary N) is 2. The van der Waals surface area contributed by atoms with E-state index >= 15 is 0 Å². The number of carbonyl (C=O) groups excluding carboxylic acids is 1. The van der Waals surface area contributed by atoms with Crippen LogP contribution in [0.4, 0.5) is 0 Å². The van der Waals surface area contributed by atoms with Gasteiger partial charge in [-0.1, -0.05) is 39.8 Å². The molecule has 21 heavy (non-hydrogen) atoms. The average Bonchev–Trinajstić information content (AvgIpc) is 2.46. The summed E-state index contributed by atoms with van der Waals surface area (Å²) in [5.74, 6) is 0.171. The molecular weight excluding hydrogens is 264 g/mol. The van der Waals surface area contributed by atoms with Crippen LogP contribution in [0.25, 0.3) is 0 Å². The van der Waals surface area contributed by atoms with E-state index in [1.165, 1.54) is 0 Å². The second-order valence-electron chi connectivity index (χ2n) is 6.56. The van der Waals surface area contributed by atoms with Gasteiger partial charge in [0.25, 0.3) is 5.91 Å². The zero-order valence-corrected chi connectivity index (χ0v) is 13.7. The molecule has 1 amide bonds. The number of rotatable bonds is 7. The summed E-state index contributed by atoms with van der Waals surface area (Å²) in [5.41, 5.74) is 1.62. The molecule has 4 nitrogen and oxygen atoms in total. The molecule has 4 heteroatoms. The van der Waals surface area contributed by atoms with E-state index < -0.39 is 0 Å². The van der Waals surface area contributed by atoms with Crippen molar-refractivity contribution in [2.45, 2.75) is 40.3 Å². The maximum Gasteiger partial charge on any atom is 0.251 e. The zero-order valence-electron chi connectivity index (χ0n) is 13.7. The summed E-state index contributed by atoms with van der Waals surface area (Å²) in [6.45, 7) is 9.67. The lowest BCUT2D eigenvalue weighted by Gasteiger charge is -2.33. The minimum atomic E-state index is -0.333. The lowest BCUT2D eigenvalue weighted by Crippen LogP contribution is -2.41. The Morgan fingerprint density at radius 1 is 1.24 bits per heavy atom. The Hall–Kier alpha value is -1.39. The first-order valence-electron chi connectivity index (χ1n) is 7.47. The number of aliphatic hydroxyl groups excluding tert-OH is 1. The fourth-order valence-corrected chi connectivity index (χ4v) is 2.45. The summed E-state index contributed by atoms with van der Waals surface area (Å²) < 4.78 is 0. The third-order valence-electron chi connectivity index (χ3n) is 3.79. The van der Waals surface area contributed by atoms with Crippen LogP contribution in [0.3, 0.4) is 0 Å². The van der Waals surface area contributed by atoms with Gasteiger partial charge >= 0.3 is 0 Å². The van der Waals surface area contributed by atoms with Gasteiger partial charge in [0, 0.05) is 31.1 Å². The average molecular weight is 292 g/mol. The van der Waals surface area contributed by atoms with Crippen molar-refractivity contribution in [3.05, 3.63) is 35.4 Å². The molecule has 0 aliphatic carbocycles. The second-order valence-corrected chi connectivity index (χ2v) is 6.56. The highest BCUT2D eigenvalue weighted by molar-refractivity contribution is 5.93. The van der Waals surface area contributed by atoms with Crippen LogP contribution >= 0.6 is 0 Å². The van der Waals surface area contributed by atoms with Crippen molar-refractivity contribution in [2.75, 3.05) is 13.6 Å². The van der Waals surface area contributed by atoms with Gasteiger partial charge in [-0.25, -0.2) is 0 Å². The predicted octanol–water partition coefficient (Wildman–Crippen LogP) is 2.18. The fourth-order valence-electron chi connectivity index (χ4n) is 2.45. The van der Waals surface area contributed by atoms with Crippen LogP contribution in [-0.4, -0.2) is 30.7 Å². The standard InChI is InChI=1S/C17H28N2O2/c1-12(2)15(20)17(3,4)11-19-10-13-6-8-14(9-7-13)16(21)18-5/h6-9,12,15,19-20H,10-11H2,1-5H3,(H,18,21). The molecule has 0 aromatic heterocycles. The molecule has 1 aromatic rings. The number of hydrogen-bond acceptors (Lipinski definition) is 3.